The fourth-order valence-corrected chi connectivity index (χ4v) is 0.718. The minimum atomic E-state index is -0.222. The second kappa shape index (κ2) is 2.42. The van der Waals surface area contributed by atoms with Crippen LogP contribution >= 0.6 is 0 Å². The average molecular weight is 140 g/mol. The summed E-state index contributed by atoms with van der Waals surface area (Å²) in [6.45, 7) is 4.02. The molecule has 0 saturated heterocycles. The molecule has 0 radical (unpaired) electrons. The van der Waals surface area contributed by atoms with E-state index in [1.165, 1.54) is 0 Å². The van der Waals surface area contributed by atoms with Crippen LogP contribution in [-0.4, -0.2) is 21.9 Å². The molecule has 0 aliphatic heterocycles. The van der Waals surface area contributed by atoms with Gasteiger partial charge in [-0.2, -0.15) is 5.10 Å². The van der Waals surface area contributed by atoms with Crippen LogP contribution in [0.4, 0.5) is 0 Å². The standard InChI is InChI=1S/C7H12N2O/c1-7(2,5-10)6-3-4-8-9-6/h3-4,10H,5H2,1-2H3,(H,8,9). The monoisotopic (exact) mass is 140 g/mol. The Hall–Kier alpha value is -0.830. The van der Waals surface area contributed by atoms with Gasteiger partial charge in [0.25, 0.3) is 0 Å². The highest BCUT2D eigenvalue weighted by Crippen LogP contribution is 2.18. The SMILES string of the molecule is CC(C)(CO)c1cc[nH]n1. The van der Waals surface area contributed by atoms with Crippen molar-refractivity contribution in [2.45, 2.75) is 19.3 Å². The second-order valence-corrected chi connectivity index (χ2v) is 3.00. The molecule has 1 rings (SSSR count). The number of hydrogen-bond acceptors (Lipinski definition) is 2. The van der Waals surface area contributed by atoms with Gasteiger partial charge in [0.05, 0.1) is 12.3 Å². The van der Waals surface area contributed by atoms with E-state index in [0.717, 1.165) is 5.69 Å². The van der Waals surface area contributed by atoms with Crippen LogP contribution in [0.25, 0.3) is 0 Å². The number of aliphatic hydroxyl groups excluding tert-OH is 1. The quantitative estimate of drug-likeness (QED) is 0.634. The zero-order chi connectivity index (χ0) is 7.61. The molecule has 0 aromatic carbocycles. The number of rotatable bonds is 2. The van der Waals surface area contributed by atoms with Crippen LogP contribution in [0.5, 0.6) is 0 Å². The van der Waals surface area contributed by atoms with Crippen molar-refractivity contribution in [3.63, 3.8) is 0 Å². The van der Waals surface area contributed by atoms with E-state index in [-0.39, 0.29) is 12.0 Å². The van der Waals surface area contributed by atoms with E-state index < -0.39 is 0 Å². The maximum absolute atomic E-state index is 8.91. The Morgan fingerprint density at radius 3 is 2.80 bits per heavy atom. The summed E-state index contributed by atoms with van der Waals surface area (Å²) in [5, 5.41) is 15.6. The summed E-state index contributed by atoms with van der Waals surface area (Å²) in [4.78, 5) is 0. The van der Waals surface area contributed by atoms with E-state index in [1.807, 2.05) is 19.9 Å². The van der Waals surface area contributed by atoms with Crippen LogP contribution in [0.1, 0.15) is 19.5 Å². The zero-order valence-electron chi connectivity index (χ0n) is 6.26. The molecule has 0 unspecified atom stereocenters. The van der Waals surface area contributed by atoms with Gasteiger partial charge < -0.3 is 5.11 Å². The Balaban J connectivity index is 2.85. The molecule has 0 amide bonds. The molecule has 2 N–H and O–H groups in total. The van der Waals surface area contributed by atoms with Crippen LogP contribution in [-0.2, 0) is 5.41 Å². The minimum absolute atomic E-state index is 0.123. The first-order valence-electron chi connectivity index (χ1n) is 3.28. The molecule has 0 saturated carbocycles. The first-order valence-corrected chi connectivity index (χ1v) is 3.28. The lowest BCUT2D eigenvalue weighted by Gasteiger charge is -2.17. The van der Waals surface area contributed by atoms with Gasteiger partial charge >= 0.3 is 0 Å². The number of nitrogens with one attached hydrogen (secondary N) is 1. The van der Waals surface area contributed by atoms with E-state index in [0.29, 0.717) is 0 Å². The van der Waals surface area contributed by atoms with Crippen molar-refractivity contribution in [3.05, 3.63) is 18.0 Å². The van der Waals surface area contributed by atoms with E-state index in [1.54, 1.807) is 6.20 Å². The van der Waals surface area contributed by atoms with Crippen molar-refractivity contribution in [1.29, 1.82) is 0 Å². The summed E-state index contributed by atoms with van der Waals surface area (Å²) in [5.74, 6) is 0. The molecule has 3 heteroatoms. The van der Waals surface area contributed by atoms with Gasteiger partial charge in [-0.1, -0.05) is 13.8 Å². The summed E-state index contributed by atoms with van der Waals surface area (Å²) in [5.41, 5.74) is 0.676. The van der Waals surface area contributed by atoms with Crippen molar-refractivity contribution < 1.29 is 5.11 Å². The molecule has 1 aromatic heterocycles. The second-order valence-electron chi connectivity index (χ2n) is 3.00. The number of aromatic nitrogens is 2. The van der Waals surface area contributed by atoms with E-state index in [9.17, 15) is 0 Å². The first-order chi connectivity index (χ1) is 4.67. The molecule has 0 aliphatic rings. The van der Waals surface area contributed by atoms with Crippen molar-refractivity contribution >= 4 is 0 Å². The molecule has 1 aromatic rings. The molecular formula is C7H12N2O. The number of hydrogen-bond donors (Lipinski definition) is 2. The molecule has 0 fully saturated rings. The topological polar surface area (TPSA) is 48.9 Å². The maximum atomic E-state index is 8.91. The zero-order valence-corrected chi connectivity index (χ0v) is 6.26. The first kappa shape index (κ1) is 7.28. The third-order valence-corrected chi connectivity index (χ3v) is 1.59. The lowest BCUT2D eigenvalue weighted by molar-refractivity contribution is 0.215. The highest BCUT2D eigenvalue weighted by atomic mass is 16.3. The van der Waals surface area contributed by atoms with Crippen molar-refractivity contribution in [2.75, 3.05) is 6.61 Å². The fraction of sp³-hybridized carbons (Fsp3) is 0.571. The van der Waals surface area contributed by atoms with Gasteiger partial charge in [0.2, 0.25) is 0 Å². The van der Waals surface area contributed by atoms with Crippen LogP contribution < -0.4 is 0 Å². The Kier molecular flexibility index (Phi) is 1.76. The average Bonchev–Trinajstić information content (AvgIpc) is 2.38. The van der Waals surface area contributed by atoms with Crippen LogP contribution in [0.15, 0.2) is 12.3 Å². The van der Waals surface area contributed by atoms with E-state index in [2.05, 4.69) is 10.2 Å². The third-order valence-electron chi connectivity index (χ3n) is 1.59. The van der Waals surface area contributed by atoms with Gasteiger partial charge in [-0.05, 0) is 6.07 Å². The highest BCUT2D eigenvalue weighted by molar-refractivity contribution is 5.11. The fourth-order valence-electron chi connectivity index (χ4n) is 0.718. The summed E-state index contributed by atoms with van der Waals surface area (Å²) >= 11 is 0. The predicted molar refractivity (Wildman–Crippen MR) is 38.7 cm³/mol. The van der Waals surface area contributed by atoms with Crippen LogP contribution in [0, 0.1) is 0 Å². The normalized spacial score (nSPS) is 11.9. The Morgan fingerprint density at radius 2 is 2.40 bits per heavy atom. The predicted octanol–water partition coefficient (Wildman–Crippen LogP) is 0.680. The molecule has 0 bridgehead atoms. The van der Waals surface area contributed by atoms with Gasteiger partial charge in [0, 0.05) is 11.6 Å². The Labute approximate surface area is 60.1 Å². The van der Waals surface area contributed by atoms with Crippen molar-refractivity contribution in [3.8, 4) is 0 Å². The molecular weight excluding hydrogens is 128 g/mol. The minimum Gasteiger partial charge on any atom is -0.395 e. The lowest BCUT2D eigenvalue weighted by Crippen LogP contribution is -2.22. The maximum Gasteiger partial charge on any atom is 0.0701 e. The summed E-state index contributed by atoms with van der Waals surface area (Å²) in [6.07, 6.45) is 1.76. The molecule has 0 atom stereocenters. The molecule has 0 aliphatic carbocycles. The molecule has 1 heterocycles. The molecule has 56 valence electrons. The lowest BCUT2D eigenvalue weighted by atomic mass is 9.91. The smallest absolute Gasteiger partial charge is 0.0701 e. The van der Waals surface area contributed by atoms with Gasteiger partial charge in [-0.15, -0.1) is 0 Å². The molecule has 10 heavy (non-hydrogen) atoms. The summed E-state index contributed by atoms with van der Waals surface area (Å²) < 4.78 is 0. The number of nitrogens with zero attached hydrogens (tertiary/aromatic N) is 1. The molecule has 3 nitrogen and oxygen atoms in total. The summed E-state index contributed by atoms with van der Waals surface area (Å²) in [7, 11) is 0. The van der Waals surface area contributed by atoms with Gasteiger partial charge in [0.1, 0.15) is 0 Å². The highest BCUT2D eigenvalue weighted by Gasteiger charge is 2.20. The van der Waals surface area contributed by atoms with Crippen molar-refractivity contribution in [2.24, 2.45) is 0 Å². The van der Waals surface area contributed by atoms with E-state index in [4.69, 9.17) is 5.11 Å². The number of aromatic amines is 1. The van der Waals surface area contributed by atoms with Gasteiger partial charge in [0.15, 0.2) is 0 Å². The van der Waals surface area contributed by atoms with E-state index >= 15 is 0 Å². The number of H-pyrrole nitrogens is 1. The summed E-state index contributed by atoms with van der Waals surface area (Å²) in [6, 6.07) is 1.87. The van der Waals surface area contributed by atoms with Crippen molar-refractivity contribution in [1.82, 2.24) is 10.2 Å². The third kappa shape index (κ3) is 1.19. The van der Waals surface area contributed by atoms with Gasteiger partial charge in [-0.3, -0.25) is 5.10 Å². The number of aliphatic hydroxyl groups is 1. The largest absolute Gasteiger partial charge is 0.395 e. The van der Waals surface area contributed by atoms with Crippen LogP contribution in [0.3, 0.4) is 0 Å². The van der Waals surface area contributed by atoms with Crippen LogP contribution in [0.2, 0.25) is 0 Å². The van der Waals surface area contributed by atoms with Gasteiger partial charge in [-0.25, -0.2) is 0 Å². The molecule has 0 spiro atoms. The Morgan fingerprint density at radius 1 is 1.70 bits per heavy atom. The Bertz CT molecular complexity index is 191.